The van der Waals surface area contributed by atoms with E-state index >= 15 is 0 Å². The van der Waals surface area contributed by atoms with E-state index in [1.165, 1.54) is 0 Å². The Labute approximate surface area is 114 Å². The Morgan fingerprint density at radius 3 is 2.44 bits per heavy atom. The Hall–Kier alpha value is -0.710. The van der Waals surface area contributed by atoms with Crippen molar-refractivity contribution in [3.63, 3.8) is 0 Å². The fourth-order valence-electron chi connectivity index (χ4n) is 1.98. The molecule has 1 aliphatic rings. The molecule has 1 atom stereocenters. The standard InChI is InChI=1S/C13H24N2O2S/c1-13(2,3)18-9-11(16)15-8-6-7-10(15)12(17)14(4)5/h10H,6-9H2,1-5H3. The minimum Gasteiger partial charge on any atom is -0.347 e. The van der Waals surface area contributed by atoms with E-state index in [0.717, 1.165) is 12.8 Å². The summed E-state index contributed by atoms with van der Waals surface area (Å²) < 4.78 is 0.0798. The zero-order valence-electron chi connectivity index (χ0n) is 12.0. The van der Waals surface area contributed by atoms with Crippen molar-refractivity contribution in [3.05, 3.63) is 0 Å². The van der Waals surface area contributed by atoms with Gasteiger partial charge in [-0.15, -0.1) is 11.8 Å². The van der Waals surface area contributed by atoms with Gasteiger partial charge in [0.2, 0.25) is 11.8 Å². The van der Waals surface area contributed by atoms with E-state index in [9.17, 15) is 9.59 Å². The molecule has 1 unspecified atom stereocenters. The molecule has 2 amide bonds. The Morgan fingerprint density at radius 1 is 1.33 bits per heavy atom. The van der Waals surface area contributed by atoms with E-state index in [4.69, 9.17) is 0 Å². The van der Waals surface area contributed by atoms with Crippen molar-refractivity contribution in [2.45, 2.75) is 44.4 Å². The van der Waals surface area contributed by atoms with Crippen molar-refractivity contribution in [2.75, 3.05) is 26.4 Å². The van der Waals surface area contributed by atoms with Gasteiger partial charge in [0.1, 0.15) is 6.04 Å². The first-order valence-electron chi connectivity index (χ1n) is 6.37. The highest BCUT2D eigenvalue weighted by atomic mass is 32.2. The molecule has 0 aliphatic carbocycles. The summed E-state index contributed by atoms with van der Waals surface area (Å²) in [6.45, 7) is 7.00. The maximum Gasteiger partial charge on any atom is 0.244 e. The van der Waals surface area contributed by atoms with Gasteiger partial charge in [0, 0.05) is 25.4 Å². The zero-order chi connectivity index (χ0) is 13.9. The fraction of sp³-hybridized carbons (Fsp3) is 0.846. The summed E-state index contributed by atoms with van der Waals surface area (Å²) in [6.07, 6.45) is 1.72. The lowest BCUT2D eigenvalue weighted by Crippen LogP contribution is -2.46. The normalized spacial score (nSPS) is 20.1. The molecule has 0 bridgehead atoms. The zero-order valence-corrected chi connectivity index (χ0v) is 12.8. The second-order valence-corrected chi connectivity index (χ2v) is 7.68. The average Bonchev–Trinajstić information content (AvgIpc) is 2.72. The second kappa shape index (κ2) is 5.95. The van der Waals surface area contributed by atoms with Crippen LogP contribution in [-0.4, -0.2) is 58.8 Å². The molecule has 0 N–H and O–H groups in total. The molecular formula is C13H24N2O2S. The molecule has 1 heterocycles. The number of nitrogens with zero attached hydrogens (tertiary/aromatic N) is 2. The van der Waals surface area contributed by atoms with E-state index < -0.39 is 0 Å². The van der Waals surface area contributed by atoms with Crippen molar-refractivity contribution in [3.8, 4) is 0 Å². The van der Waals surface area contributed by atoms with Gasteiger partial charge in [-0.25, -0.2) is 0 Å². The first-order valence-corrected chi connectivity index (χ1v) is 7.35. The molecule has 0 aromatic rings. The summed E-state index contributed by atoms with van der Waals surface area (Å²) >= 11 is 1.63. The molecule has 104 valence electrons. The molecule has 1 aliphatic heterocycles. The van der Waals surface area contributed by atoms with E-state index in [1.807, 2.05) is 0 Å². The Kier molecular flexibility index (Phi) is 5.08. The maximum atomic E-state index is 12.2. The van der Waals surface area contributed by atoms with Gasteiger partial charge in [-0.1, -0.05) is 20.8 Å². The molecule has 0 radical (unpaired) electrons. The highest BCUT2D eigenvalue weighted by Crippen LogP contribution is 2.25. The number of hydrogen-bond acceptors (Lipinski definition) is 3. The van der Waals surface area contributed by atoms with Crippen molar-refractivity contribution < 1.29 is 9.59 Å². The summed E-state index contributed by atoms with van der Waals surface area (Å²) in [6, 6.07) is -0.243. The Bertz CT molecular complexity index is 323. The van der Waals surface area contributed by atoms with Crippen molar-refractivity contribution in [1.29, 1.82) is 0 Å². The number of thioether (sulfide) groups is 1. The van der Waals surface area contributed by atoms with Gasteiger partial charge in [-0.2, -0.15) is 0 Å². The minimum atomic E-state index is -0.243. The Balaban J connectivity index is 2.59. The van der Waals surface area contributed by atoms with Crippen LogP contribution < -0.4 is 0 Å². The third kappa shape index (κ3) is 4.19. The molecule has 5 heteroatoms. The smallest absolute Gasteiger partial charge is 0.244 e. The van der Waals surface area contributed by atoms with Gasteiger partial charge in [0.25, 0.3) is 0 Å². The topological polar surface area (TPSA) is 40.6 Å². The third-order valence-corrected chi connectivity index (χ3v) is 4.18. The summed E-state index contributed by atoms with van der Waals surface area (Å²) in [5.41, 5.74) is 0. The van der Waals surface area contributed by atoms with Gasteiger partial charge in [-0.3, -0.25) is 9.59 Å². The van der Waals surface area contributed by atoms with Crippen LogP contribution in [0.2, 0.25) is 0 Å². The summed E-state index contributed by atoms with van der Waals surface area (Å²) in [7, 11) is 3.49. The van der Waals surface area contributed by atoms with Crippen LogP contribution in [0.15, 0.2) is 0 Å². The predicted octanol–water partition coefficient (Wildman–Crippen LogP) is 1.60. The molecule has 0 aromatic heterocycles. The van der Waals surface area contributed by atoms with E-state index in [2.05, 4.69) is 20.8 Å². The predicted molar refractivity (Wildman–Crippen MR) is 75.6 cm³/mol. The number of likely N-dealkylation sites (N-methyl/N-ethyl adjacent to an activating group) is 1. The highest BCUT2D eigenvalue weighted by Gasteiger charge is 2.34. The lowest BCUT2D eigenvalue weighted by molar-refractivity contribution is -0.140. The van der Waals surface area contributed by atoms with E-state index in [-0.39, 0.29) is 22.6 Å². The lowest BCUT2D eigenvalue weighted by atomic mass is 10.2. The van der Waals surface area contributed by atoms with Crippen LogP contribution in [0.3, 0.4) is 0 Å². The molecule has 1 saturated heterocycles. The van der Waals surface area contributed by atoms with Gasteiger partial charge in [0.05, 0.1) is 5.75 Å². The number of carbonyl (C=O) groups is 2. The molecule has 4 nitrogen and oxygen atoms in total. The number of rotatable bonds is 3. The second-order valence-electron chi connectivity index (χ2n) is 5.88. The SMILES string of the molecule is CN(C)C(=O)C1CCCN1C(=O)CSC(C)(C)C. The number of hydrogen-bond donors (Lipinski definition) is 0. The first kappa shape index (κ1) is 15.3. The number of likely N-dealkylation sites (tertiary alicyclic amines) is 1. The molecule has 1 rings (SSSR count). The average molecular weight is 272 g/mol. The lowest BCUT2D eigenvalue weighted by Gasteiger charge is -2.27. The van der Waals surface area contributed by atoms with Gasteiger partial charge in [-0.05, 0) is 12.8 Å². The largest absolute Gasteiger partial charge is 0.347 e. The van der Waals surface area contributed by atoms with Crippen LogP contribution in [0.25, 0.3) is 0 Å². The molecule has 0 spiro atoms. The van der Waals surface area contributed by atoms with Crippen LogP contribution in [0.5, 0.6) is 0 Å². The van der Waals surface area contributed by atoms with E-state index in [0.29, 0.717) is 12.3 Å². The molecule has 18 heavy (non-hydrogen) atoms. The van der Waals surface area contributed by atoms with Crippen molar-refractivity contribution >= 4 is 23.6 Å². The summed E-state index contributed by atoms with van der Waals surface area (Å²) in [5.74, 6) is 0.593. The monoisotopic (exact) mass is 272 g/mol. The molecule has 0 saturated carbocycles. The molecular weight excluding hydrogens is 248 g/mol. The fourth-order valence-corrected chi connectivity index (χ4v) is 2.70. The van der Waals surface area contributed by atoms with Crippen LogP contribution in [0.1, 0.15) is 33.6 Å². The van der Waals surface area contributed by atoms with Gasteiger partial charge in [0.15, 0.2) is 0 Å². The van der Waals surface area contributed by atoms with Crippen LogP contribution >= 0.6 is 11.8 Å². The molecule has 0 aromatic carbocycles. The van der Waals surface area contributed by atoms with Gasteiger partial charge < -0.3 is 9.80 Å². The van der Waals surface area contributed by atoms with Gasteiger partial charge >= 0.3 is 0 Å². The number of amides is 2. The third-order valence-electron chi connectivity index (χ3n) is 2.93. The van der Waals surface area contributed by atoms with Crippen molar-refractivity contribution in [1.82, 2.24) is 9.80 Å². The van der Waals surface area contributed by atoms with Crippen LogP contribution in [-0.2, 0) is 9.59 Å². The Morgan fingerprint density at radius 2 is 1.94 bits per heavy atom. The summed E-state index contributed by atoms with van der Waals surface area (Å²) in [4.78, 5) is 27.5. The maximum absolute atomic E-state index is 12.2. The minimum absolute atomic E-state index is 0.0432. The van der Waals surface area contributed by atoms with Crippen LogP contribution in [0, 0.1) is 0 Å². The van der Waals surface area contributed by atoms with Crippen LogP contribution in [0.4, 0.5) is 0 Å². The quantitative estimate of drug-likeness (QED) is 0.783. The summed E-state index contributed by atoms with van der Waals surface area (Å²) in [5, 5.41) is 0. The highest BCUT2D eigenvalue weighted by molar-refractivity contribution is 8.01. The molecule has 1 fully saturated rings. The van der Waals surface area contributed by atoms with Crippen molar-refractivity contribution in [2.24, 2.45) is 0 Å². The first-order chi connectivity index (χ1) is 8.22. The van der Waals surface area contributed by atoms with E-state index in [1.54, 1.807) is 35.7 Å². The number of carbonyl (C=O) groups excluding carboxylic acids is 2.